The molecule has 0 radical (unpaired) electrons. The molecule has 0 amide bonds. The molecule has 7 nitrogen and oxygen atoms in total. The summed E-state index contributed by atoms with van der Waals surface area (Å²) < 4.78 is 0.583. The zero-order chi connectivity index (χ0) is 33.8. The summed E-state index contributed by atoms with van der Waals surface area (Å²) in [5.74, 6) is -3.96. The van der Waals surface area contributed by atoms with E-state index >= 15 is 0 Å². The maximum atomic E-state index is 11.5. The van der Waals surface area contributed by atoms with E-state index in [0.29, 0.717) is 43.4 Å². The number of carboxylic acids is 3. The number of carbonyl (C=O) groups is 3. The Morgan fingerprint density at radius 3 is 1.07 bits per heavy atom. The number of quaternary nitrogens is 1. The summed E-state index contributed by atoms with van der Waals surface area (Å²) in [6.45, 7) is 10.1. The summed E-state index contributed by atoms with van der Waals surface area (Å²) in [4.78, 5) is 34.5. The van der Waals surface area contributed by atoms with E-state index in [-0.39, 0.29) is 0 Å². The monoisotopic (exact) mass is 639 g/mol. The topological polar surface area (TPSA) is 112 Å². The van der Waals surface area contributed by atoms with Crippen molar-refractivity contribution in [3.8, 4) is 0 Å². The average molecular weight is 639 g/mol. The summed E-state index contributed by atoms with van der Waals surface area (Å²) in [6.07, 6.45) is 31.0. The summed E-state index contributed by atoms with van der Waals surface area (Å²) >= 11 is 0. The number of aliphatic carboxylic acids is 3. The molecule has 45 heavy (non-hydrogen) atoms. The SMILES string of the molecule is CCCCCCCCCCCCCCCCCC/C=C/CCC[N+](CCC(C)C(=O)O)(CCC(C)C(=O)O)CCC(C)C(=O)O. The first-order valence-corrected chi connectivity index (χ1v) is 18.7. The maximum absolute atomic E-state index is 11.5. The highest BCUT2D eigenvalue weighted by Gasteiger charge is 2.31. The molecule has 0 saturated carbocycles. The van der Waals surface area contributed by atoms with Crippen molar-refractivity contribution in [3.05, 3.63) is 12.2 Å². The van der Waals surface area contributed by atoms with E-state index in [9.17, 15) is 29.7 Å². The Bertz CT molecular complexity index is 722. The van der Waals surface area contributed by atoms with Crippen molar-refractivity contribution in [1.29, 1.82) is 0 Å². The van der Waals surface area contributed by atoms with Crippen molar-refractivity contribution in [1.82, 2.24) is 0 Å². The van der Waals surface area contributed by atoms with Gasteiger partial charge in [-0.2, -0.15) is 0 Å². The smallest absolute Gasteiger partial charge is 0.306 e. The molecule has 264 valence electrons. The second kappa shape index (κ2) is 28.3. The predicted octanol–water partition coefficient (Wildman–Crippen LogP) is 10.1. The van der Waals surface area contributed by atoms with Crippen LogP contribution in [0, 0.1) is 17.8 Å². The van der Waals surface area contributed by atoms with E-state index in [1.807, 2.05) is 0 Å². The molecule has 7 heteroatoms. The van der Waals surface area contributed by atoms with Gasteiger partial charge in [0.2, 0.25) is 0 Å². The van der Waals surface area contributed by atoms with Crippen molar-refractivity contribution in [2.24, 2.45) is 17.8 Å². The Morgan fingerprint density at radius 2 is 0.756 bits per heavy atom. The average Bonchev–Trinajstić information content (AvgIpc) is 3.01. The molecular formula is C38H72NO6+. The molecule has 3 unspecified atom stereocenters. The molecule has 0 aromatic carbocycles. The van der Waals surface area contributed by atoms with Crippen molar-refractivity contribution in [2.75, 3.05) is 26.2 Å². The quantitative estimate of drug-likeness (QED) is 0.0375. The Balaban J connectivity index is 4.40. The molecular weight excluding hydrogens is 566 g/mol. The van der Waals surface area contributed by atoms with Gasteiger partial charge in [-0.15, -0.1) is 0 Å². The number of hydrogen-bond acceptors (Lipinski definition) is 3. The minimum absolute atomic E-state index is 0.490. The molecule has 0 saturated heterocycles. The standard InChI is InChI=1S/C38H71NO6/c1-5-6-7-8-9-10-11-12-13-14-15-16-17-18-19-20-21-22-23-24-25-29-39(30-26-33(2)36(40)41,31-27-34(3)37(42)43)32-28-35(4)38(44)45/h22-23,33-35H,5-21,24-32H2,1-4H3,(H2-,40,41,42,43,44,45)/p+1/b23-22+. The van der Waals surface area contributed by atoms with E-state index in [1.54, 1.807) is 20.8 Å². The van der Waals surface area contributed by atoms with Crippen molar-refractivity contribution in [2.45, 2.75) is 169 Å². The minimum atomic E-state index is -0.831. The molecule has 0 fully saturated rings. The predicted molar refractivity (Wildman–Crippen MR) is 187 cm³/mol. The van der Waals surface area contributed by atoms with Crippen LogP contribution in [0.1, 0.15) is 169 Å². The molecule has 0 aliphatic heterocycles. The lowest BCUT2D eigenvalue weighted by atomic mass is 10.0. The van der Waals surface area contributed by atoms with Gasteiger partial charge < -0.3 is 19.8 Å². The molecule has 3 atom stereocenters. The van der Waals surface area contributed by atoms with Gasteiger partial charge in [0, 0.05) is 25.7 Å². The number of carboxylic acid groups (broad SMARTS) is 3. The van der Waals surface area contributed by atoms with Crippen LogP contribution in [0.2, 0.25) is 0 Å². The van der Waals surface area contributed by atoms with E-state index in [4.69, 9.17) is 0 Å². The second-order valence-corrected chi connectivity index (χ2v) is 14.0. The minimum Gasteiger partial charge on any atom is -0.481 e. The molecule has 0 bridgehead atoms. The largest absolute Gasteiger partial charge is 0.481 e. The maximum Gasteiger partial charge on any atom is 0.306 e. The number of rotatable bonds is 33. The van der Waals surface area contributed by atoms with Gasteiger partial charge in [0.1, 0.15) is 0 Å². The molecule has 0 aromatic rings. The Kier molecular flexibility index (Phi) is 27.2. The lowest BCUT2D eigenvalue weighted by molar-refractivity contribution is -0.929. The zero-order valence-corrected chi connectivity index (χ0v) is 29.8. The van der Waals surface area contributed by atoms with E-state index in [1.165, 1.54) is 103 Å². The highest BCUT2D eigenvalue weighted by atomic mass is 16.4. The number of unbranched alkanes of at least 4 members (excludes halogenated alkanes) is 17. The Morgan fingerprint density at radius 1 is 0.467 bits per heavy atom. The third-order valence-electron chi connectivity index (χ3n) is 9.77. The first-order valence-electron chi connectivity index (χ1n) is 18.7. The Labute approximate surface area is 276 Å². The van der Waals surface area contributed by atoms with Crippen molar-refractivity contribution in [3.63, 3.8) is 0 Å². The summed E-state index contributed by atoms with van der Waals surface area (Å²) in [6, 6.07) is 0. The van der Waals surface area contributed by atoms with Gasteiger partial charge in [0.15, 0.2) is 0 Å². The van der Waals surface area contributed by atoms with Crippen LogP contribution in [0.15, 0.2) is 12.2 Å². The molecule has 0 aliphatic carbocycles. The number of allylic oxidation sites excluding steroid dienone is 2. The van der Waals surface area contributed by atoms with Gasteiger partial charge >= 0.3 is 17.9 Å². The van der Waals surface area contributed by atoms with Crippen LogP contribution in [-0.4, -0.2) is 63.9 Å². The summed E-state index contributed by atoms with van der Waals surface area (Å²) in [5, 5.41) is 28.3. The molecule has 0 heterocycles. The number of hydrogen-bond donors (Lipinski definition) is 3. The second-order valence-electron chi connectivity index (χ2n) is 14.0. The van der Waals surface area contributed by atoms with E-state index in [2.05, 4.69) is 19.1 Å². The molecule has 0 aromatic heterocycles. The molecule has 0 spiro atoms. The number of nitrogens with zero attached hydrogens (tertiary/aromatic N) is 1. The normalized spacial score (nSPS) is 15.1. The van der Waals surface area contributed by atoms with Crippen molar-refractivity contribution >= 4 is 17.9 Å². The Hall–Kier alpha value is -1.89. The fraction of sp³-hybridized carbons (Fsp3) is 0.868. The van der Waals surface area contributed by atoms with Crippen LogP contribution in [0.5, 0.6) is 0 Å². The van der Waals surface area contributed by atoms with Gasteiger partial charge in [0.05, 0.1) is 43.9 Å². The summed E-state index contributed by atoms with van der Waals surface area (Å²) in [7, 11) is 0. The highest BCUT2D eigenvalue weighted by molar-refractivity contribution is 5.70. The highest BCUT2D eigenvalue weighted by Crippen LogP contribution is 2.21. The van der Waals surface area contributed by atoms with Crippen molar-refractivity contribution < 1.29 is 34.2 Å². The van der Waals surface area contributed by atoms with Crippen LogP contribution >= 0.6 is 0 Å². The molecule has 0 aliphatic rings. The lowest BCUT2D eigenvalue weighted by Gasteiger charge is -2.40. The summed E-state index contributed by atoms with van der Waals surface area (Å²) in [5.41, 5.74) is 0. The van der Waals surface area contributed by atoms with Gasteiger partial charge in [-0.25, -0.2) is 0 Å². The third kappa shape index (κ3) is 24.9. The fourth-order valence-electron chi connectivity index (χ4n) is 6.03. The van der Waals surface area contributed by atoms with Crippen LogP contribution in [-0.2, 0) is 14.4 Å². The van der Waals surface area contributed by atoms with E-state index < -0.39 is 35.7 Å². The first-order chi connectivity index (χ1) is 21.5. The van der Waals surface area contributed by atoms with Crippen LogP contribution < -0.4 is 0 Å². The van der Waals surface area contributed by atoms with Gasteiger partial charge in [-0.1, -0.05) is 136 Å². The zero-order valence-electron chi connectivity index (χ0n) is 29.8. The van der Waals surface area contributed by atoms with Crippen LogP contribution in [0.4, 0.5) is 0 Å². The lowest BCUT2D eigenvalue weighted by Crippen LogP contribution is -2.52. The van der Waals surface area contributed by atoms with Gasteiger partial charge in [-0.05, 0) is 19.3 Å². The van der Waals surface area contributed by atoms with Gasteiger partial charge in [-0.3, -0.25) is 14.4 Å². The fourth-order valence-corrected chi connectivity index (χ4v) is 6.03. The first kappa shape index (κ1) is 43.1. The van der Waals surface area contributed by atoms with Crippen LogP contribution in [0.3, 0.4) is 0 Å². The van der Waals surface area contributed by atoms with Crippen LogP contribution in [0.25, 0.3) is 0 Å². The third-order valence-corrected chi connectivity index (χ3v) is 9.77. The van der Waals surface area contributed by atoms with Gasteiger partial charge in [0.25, 0.3) is 0 Å². The molecule has 0 rings (SSSR count). The molecule has 3 N–H and O–H groups in total. The van der Waals surface area contributed by atoms with E-state index in [0.717, 1.165) is 25.8 Å².